The third-order valence-electron chi connectivity index (χ3n) is 4.02. The Kier molecular flexibility index (Phi) is 5.30. The van der Waals surface area contributed by atoms with Crippen molar-refractivity contribution in [2.24, 2.45) is 0 Å². The number of likely N-dealkylation sites (tertiary alicyclic amines) is 1. The van der Waals surface area contributed by atoms with E-state index in [1.807, 2.05) is 13.0 Å². The van der Waals surface area contributed by atoms with Crippen LogP contribution in [0.4, 0.5) is 5.69 Å². The van der Waals surface area contributed by atoms with Crippen molar-refractivity contribution in [3.8, 4) is 0 Å². The highest BCUT2D eigenvalue weighted by Crippen LogP contribution is 2.32. The van der Waals surface area contributed by atoms with E-state index in [-0.39, 0.29) is 5.91 Å². The smallest absolute Gasteiger partial charge is 0.279 e. The highest BCUT2D eigenvalue weighted by molar-refractivity contribution is 6.40. The fraction of sp³-hybridized carbons (Fsp3) is 0.533. The average molecular weight is 316 g/mol. The Bertz CT molecular complexity index is 505. The third kappa shape index (κ3) is 3.66. The van der Waals surface area contributed by atoms with Crippen LogP contribution < -0.4 is 10.2 Å². The number of aryl methyl sites for hydroxylation is 1. The van der Waals surface area contributed by atoms with E-state index in [9.17, 15) is 4.79 Å². The summed E-state index contributed by atoms with van der Waals surface area (Å²) in [5.41, 5.74) is 1.44. The Morgan fingerprint density at radius 3 is 2.85 bits per heavy atom. The van der Waals surface area contributed by atoms with Crippen molar-refractivity contribution in [1.29, 1.82) is 0 Å². The molecule has 0 spiro atoms. The lowest BCUT2D eigenvalue weighted by molar-refractivity contribution is -0.920. The van der Waals surface area contributed by atoms with Gasteiger partial charge in [-0.25, -0.2) is 0 Å². The Labute approximate surface area is 130 Å². The van der Waals surface area contributed by atoms with E-state index in [4.69, 9.17) is 23.2 Å². The minimum absolute atomic E-state index is 0.0249. The molecular weight excluding hydrogens is 295 g/mol. The lowest BCUT2D eigenvalue weighted by Crippen LogP contribution is -3.17. The molecule has 1 fully saturated rings. The van der Waals surface area contributed by atoms with E-state index in [0.717, 1.165) is 12.1 Å². The predicted octanol–water partition coefficient (Wildman–Crippen LogP) is 2.70. The molecule has 2 N–H and O–H groups in total. The summed E-state index contributed by atoms with van der Waals surface area (Å²) in [4.78, 5) is 13.5. The van der Waals surface area contributed by atoms with Crippen molar-refractivity contribution in [3.63, 3.8) is 0 Å². The molecule has 2 rings (SSSR count). The van der Waals surface area contributed by atoms with Gasteiger partial charge in [0.05, 0.1) is 28.3 Å². The van der Waals surface area contributed by atoms with Crippen molar-refractivity contribution in [3.05, 3.63) is 27.7 Å². The van der Waals surface area contributed by atoms with Gasteiger partial charge in [-0.05, 0) is 44.7 Å². The van der Waals surface area contributed by atoms with Crippen molar-refractivity contribution in [2.75, 3.05) is 18.4 Å². The summed E-state index contributed by atoms with van der Waals surface area (Å²) in [6.45, 7) is 5.63. The maximum atomic E-state index is 12.2. The van der Waals surface area contributed by atoms with Gasteiger partial charge >= 0.3 is 0 Å². The summed E-state index contributed by atoms with van der Waals surface area (Å²) in [7, 11) is 0. The van der Waals surface area contributed by atoms with E-state index in [1.54, 1.807) is 6.07 Å². The lowest BCUT2D eigenvalue weighted by atomic mass is 10.0. The van der Waals surface area contributed by atoms with Gasteiger partial charge in [-0.1, -0.05) is 29.3 Å². The van der Waals surface area contributed by atoms with Gasteiger partial charge < -0.3 is 10.2 Å². The molecule has 0 radical (unpaired) electrons. The predicted molar refractivity (Wildman–Crippen MR) is 83.8 cm³/mol. The molecule has 1 unspecified atom stereocenters. The number of anilines is 1. The number of carbonyl (C=O) groups is 1. The van der Waals surface area contributed by atoms with Crippen LogP contribution in [0.1, 0.15) is 31.7 Å². The summed E-state index contributed by atoms with van der Waals surface area (Å²) < 4.78 is 0. The van der Waals surface area contributed by atoms with Gasteiger partial charge in [-0.3, -0.25) is 4.79 Å². The van der Waals surface area contributed by atoms with Crippen molar-refractivity contribution in [1.82, 2.24) is 0 Å². The van der Waals surface area contributed by atoms with Crippen LogP contribution in [0.5, 0.6) is 0 Å². The molecule has 1 saturated heterocycles. The first-order valence-corrected chi connectivity index (χ1v) is 7.83. The van der Waals surface area contributed by atoms with Crippen LogP contribution in [0.3, 0.4) is 0 Å². The molecule has 0 aliphatic carbocycles. The van der Waals surface area contributed by atoms with Crippen LogP contribution in [0.25, 0.3) is 0 Å². The number of benzene rings is 1. The number of carbonyl (C=O) groups excluding carboxylic acids is 1. The Hall–Kier alpha value is -0.770. The molecule has 0 saturated carbocycles. The molecule has 1 aliphatic heterocycles. The van der Waals surface area contributed by atoms with Crippen LogP contribution in [0.2, 0.25) is 10.0 Å². The van der Waals surface area contributed by atoms with E-state index in [1.165, 1.54) is 24.2 Å². The lowest BCUT2D eigenvalue weighted by Gasteiger charge is -2.29. The number of halogens is 2. The molecule has 20 heavy (non-hydrogen) atoms. The first-order valence-electron chi connectivity index (χ1n) is 7.08. The zero-order chi connectivity index (χ0) is 14.7. The maximum absolute atomic E-state index is 12.2. The molecule has 1 amide bonds. The zero-order valence-electron chi connectivity index (χ0n) is 11.9. The third-order valence-corrected chi connectivity index (χ3v) is 4.82. The second-order valence-corrected chi connectivity index (χ2v) is 6.37. The number of piperidine rings is 1. The number of rotatable bonds is 3. The minimum Gasteiger partial charge on any atom is -0.325 e. The molecule has 5 heteroatoms. The normalized spacial score (nSPS) is 22.6. The van der Waals surface area contributed by atoms with Gasteiger partial charge in [0.15, 0.2) is 6.54 Å². The summed E-state index contributed by atoms with van der Waals surface area (Å²) in [5.74, 6) is -0.0249. The van der Waals surface area contributed by atoms with Gasteiger partial charge in [-0.2, -0.15) is 0 Å². The fourth-order valence-electron chi connectivity index (χ4n) is 2.68. The maximum Gasteiger partial charge on any atom is 0.279 e. The van der Waals surface area contributed by atoms with E-state index in [2.05, 4.69) is 12.2 Å². The summed E-state index contributed by atoms with van der Waals surface area (Å²) >= 11 is 12.3. The Balaban J connectivity index is 2.03. The van der Waals surface area contributed by atoms with E-state index in [0.29, 0.717) is 28.3 Å². The number of hydrogen-bond donors (Lipinski definition) is 2. The minimum atomic E-state index is -0.0249. The summed E-state index contributed by atoms with van der Waals surface area (Å²) in [5, 5.41) is 3.87. The van der Waals surface area contributed by atoms with Crippen LogP contribution in [-0.4, -0.2) is 25.0 Å². The van der Waals surface area contributed by atoms with Gasteiger partial charge in [-0.15, -0.1) is 0 Å². The molecule has 1 aromatic rings. The quantitative estimate of drug-likeness (QED) is 0.883. The van der Waals surface area contributed by atoms with E-state index < -0.39 is 0 Å². The largest absolute Gasteiger partial charge is 0.325 e. The van der Waals surface area contributed by atoms with Crippen LogP contribution >= 0.6 is 23.2 Å². The number of quaternary nitrogens is 1. The molecule has 2 atom stereocenters. The summed E-state index contributed by atoms with van der Waals surface area (Å²) in [6.07, 6.45) is 3.65. The monoisotopic (exact) mass is 315 g/mol. The second-order valence-electron chi connectivity index (χ2n) is 5.58. The van der Waals surface area contributed by atoms with Crippen molar-refractivity contribution >= 4 is 34.8 Å². The van der Waals surface area contributed by atoms with Gasteiger partial charge in [0.25, 0.3) is 5.91 Å². The molecule has 0 aromatic heterocycles. The van der Waals surface area contributed by atoms with E-state index >= 15 is 0 Å². The molecular formula is C15H21Cl2N2O+. The highest BCUT2D eigenvalue weighted by Gasteiger charge is 2.24. The number of hydrogen-bond acceptors (Lipinski definition) is 1. The SMILES string of the molecule is Cc1ccc(Cl)c(NC(=O)C[NH+]2CCCC[C@@H]2C)c1Cl. The van der Waals surface area contributed by atoms with Crippen molar-refractivity contribution < 1.29 is 9.69 Å². The molecule has 3 nitrogen and oxygen atoms in total. The van der Waals surface area contributed by atoms with Crippen LogP contribution in [-0.2, 0) is 4.79 Å². The molecule has 110 valence electrons. The fourth-order valence-corrected chi connectivity index (χ4v) is 3.14. The molecule has 1 heterocycles. The van der Waals surface area contributed by atoms with Gasteiger partial charge in [0, 0.05) is 0 Å². The molecule has 1 aromatic carbocycles. The van der Waals surface area contributed by atoms with Crippen LogP contribution in [0.15, 0.2) is 12.1 Å². The second kappa shape index (κ2) is 6.79. The summed E-state index contributed by atoms with van der Waals surface area (Å²) in [6, 6.07) is 4.14. The topological polar surface area (TPSA) is 33.5 Å². The first kappa shape index (κ1) is 15.6. The molecule has 0 bridgehead atoms. The Morgan fingerprint density at radius 1 is 1.40 bits per heavy atom. The number of amides is 1. The standard InChI is InChI=1S/C15H20Cl2N2O/c1-10-6-7-12(16)15(14(10)17)18-13(20)9-19-8-4-3-5-11(19)2/h6-7,11H,3-5,8-9H2,1-2H3,(H,18,20)/p+1/t11-/m0/s1. The zero-order valence-corrected chi connectivity index (χ0v) is 13.4. The highest BCUT2D eigenvalue weighted by atomic mass is 35.5. The Morgan fingerprint density at radius 2 is 2.15 bits per heavy atom. The first-order chi connectivity index (χ1) is 9.49. The van der Waals surface area contributed by atoms with Crippen molar-refractivity contribution in [2.45, 2.75) is 39.2 Å². The number of nitrogens with one attached hydrogen (secondary N) is 2. The van der Waals surface area contributed by atoms with Gasteiger partial charge in [0.2, 0.25) is 0 Å². The average Bonchev–Trinajstić information content (AvgIpc) is 2.42. The molecule has 1 aliphatic rings. The van der Waals surface area contributed by atoms with Crippen LogP contribution in [0, 0.1) is 6.92 Å². The van der Waals surface area contributed by atoms with Gasteiger partial charge in [0.1, 0.15) is 0 Å².